The van der Waals surface area contributed by atoms with Crippen LogP contribution in [-0.2, 0) is 4.79 Å². The first-order chi connectivity index (χ1) is 15.2. The fourth-order valence-electron chi connectivity index (χ4n) is 4.10. The summed E-state index contributed by atoms with van der Waals surface area (Å²) in [6, 6.07) is 24.9. The Kier molecular flexibility index (Phi) is 4.67. The molecule has 2 N–H and O–H groups in total. The zero-order valence-electron chi connectivity index (χ0n) is 17.3. The smallest absolute Gasteiger partial charge is 0.255 e. The van der Waals surface area contributed by atoms with Crippen molar-refractivity contribution in [2.24, 2.45) is 0 Å². The molecule has 154 valence electrons. The largest absolute Gasteiger partial charge is 0.497 e. The second-order valence-corrected chi connectivity index (χ2v) is 7.46. The van der Waals surface area contributed by atoms with Crippen LogP contribution in [0.2, 0.25) is 0 Å². The van der Waals surface area contributed by atoms with Crippen LogP contribution in [0.4, 0.5) is 11.6 Å². The third-order valence-corrected chi connectivity index (χ3v) is 5.52. The molecule has 1 aliphatic rings. The minimum atomic E-state index is -0.359. The molecule has 3 aromatic carbocycles. The molecule has 1 amide bonds. The number of allylic oxidation sites excluding steroid dienone is 1. The highest BCUT2D eigenvalue weighted by Crippen LogP contribution is 2.40. The quantitative estimate of drug-likeness (QED) is 0.498. The maximum absolute atomic E-state index is 13.5. The Morgan fingerprint density at radius 2 is 1.81 bits per heavy atom. The van der Waals surface area contributed by atoms with E-state index in [0.717, 1.165) is 33.7 Å². The van der Waals surface area contributed by atoms with E-state index in [-0.39, 0.29) is 11.9 Å². The highest BCUT2D eigenvalue weighted by molar-refractivity contribution is 6.06. The molecule has 0 spiro atoms. The first-order valence-corrected chi connectivity index (χ1v) is 10.1. The Morgan fingerprint density at radius 1 is 1.03 bits per heavy atom. The fraction of sp³-hybridized carbons (Fsp3) is 0.120. The first kappa shape index (κ1) is 18.9. The van der Waals surface area contributed by atoms with Gasteiger partial charge in [-0.25, -0.2) is 4.98 Å². The average molecular weight is 410 g/mol. The number of fused-ring (bicyclic) bond motifs is 3. The molecule has 6 heteroatoms. The third kappa shape index (κ3) is 3.32. The van der Waals surface area contributed by atoms with Crippen LogP contribution in [0.25, 0.3) is 11.0 Å². The van der Waals surface area contributed by atoms with Gasteiger partial charge < -0.3 is 15.4 Å². The minimum Gasteiger partial charge on any atom is -0.497 e. The zero-order chi connectivity index (χ0) is 21.4. The average Bonchev–Trinajstić information content (AvgIpc) is 3.16. The number of ether oxygens (including phenoxy) is 1. The van der Waals surface area contributed by atoms with E-state index >= 15 is 0 Å². The Hall–Kier alpha value is -4.06. The number of carbonyl (C=O) groups is 1. The molecule has 0 saturated carbocycles. The number of nitrogens with one attached hydrogen (secondary N) is 2. The number of aromatic nitrogens is 2. The number of carbonyl (C=O) groups excluding carboxylic acids is 1. The van der Waals surface area contributed by atoms with Crippen LogP contribution >= 0.6 is 0 Å². The predicted octanol–water partition coefficient (Wildman–Crippen LogP) is 4.97. The molecular weight excluding hydrogens is 388 g/mol. The predicted molar refractivity (Wildman–Crippen MR) is 122 cm³/mol. The summed E-state index contributed by atoms with van der Waals surface area (Å²) in [5.41, 5.74) is 4.92. The van der Waals surface area contributed by atoms with Gasteiger partial charge >= 0.3 is 0 Å². The van der Waals surface area contributed by atoms with E-state index in [1.165, 1.54) is 0 Å². The van der Waals surface area contributed by atoms with Crippen LogP contribution in [0, 0.1) is 0 Å². The van der Waals surface area contributed by atoms with Crippen molar-refractivity contribution in [1.29, 1.82) is 0 Å². The number of amides is 1. The highest BCUT2D eigenvalue weighted by atomic mass is 16.5. The van der Waals surface area contributed by atoms with Crippen molar-refractivity contribution in [2.75, 3.05) is 17.7 Å². The number of hydrogen-bond donors (Lipinski definition) is 2. The van der Waals surface area contributed by atoms with Gasteiger partial charge in [0, 0.05) is 11.4 Å². The molecule has 1 unspecified atom stereocenters. The summed E-state index contributed by atoms with van der Waals surface area (Å²) in [7, 11) is 1.64. The third-order valence-electron chi connectivity index (χ3n) is 5.52. The molecule has 0 saturated heterocycles. The molecule has 6 nitrogen and oxygen atoms in total. The van der Waals surface area contributed by atoms with Crippen LogP contribution in [0.1, 0.15) is 18.5 Å². The Bertz CT molecular complexity index is 1310. The summed E-state index contributed by atoms with van der Waals surface area (Å²) in [5.74, 6) is 1.29. The molecule has 5 rings (SSSR count). The topological polar surface area (TPSA) is 68.2 Å². The SMILES string of the molecule is COc1cccc(C2C(C(=O)Nc3ccccc3)=C(C)Nc3nc4ccccc4n32)c1. The molecule has 2 heterocycles. The standard InChI is InChI=1S/C25H22N4O2/c1-16-22(24(30)27-18-10-4-3-5-11-18)23(17-9-8-12-19(15-17)31-2)29-21-14-7-6-13-20(21)28-25(29)26-16/h3-15,23H,1-2H3,(H,26,28)(H,27,30). The highest BCUT2D eigenvalue weighted by Gasteiger charge is 2.34. The van der Waals surface area contributed by atoms with E-state index < -0.39 is 0 Å². The molecule has 0 radical (unpaired) electrons. The summed E-state index contributed by atoms with van der Waals surface area (Å²) >= 11 is 0. The number of imidazole rings is 1. The van der Waals surface area contributed by atoms with Gasteiger partial charge in [-0.1, -0.05) is 42.5 Å². The molecule has 0 bridgehead atoms. The minimum absolute atomic E-state index is 0.160. The van der Waals surface area contributed by atoms with Crippen molar-refractivity contribution in [3.05, 3.63) is 95.7 Å². The number of anilines is 2. The number of benzene rings is 3. The van der Waals surface area contributed by atoms with E-state index in [4.69, 9.17) is 9.72 Å². The van der Waals surface area contributed by atoms with Gasteiger partial charge in [-0.3, -0.25) is 9.36 Å². The number of nitrogens with zero attached hydrogens (tertiary/aromatic N) is 2. The Balaban J connectivity index is 1.69. The summed E-state index contributed by atoms with van der Waals surface area (Å²) in [5, 5.41) is 6.37. The lowest BCUT2D eigenvalue weighted by Crippen LogP contribution is -2.30. The van der Waals surface area contributed by atoms with Crippen molar-refractivity contribution in [3.63, 3.8) is 0 Å². The van der Waals surface area contributed by atoms with Gasteiger partial charge in [0.2, 0.25) is 5.95 Å². The van der Waals surface area contributed by atoms with Crippen LogP contribution in [0.5, 0.6) is 5.75 Å². The van der Waals surface area contributed by atoms with E-state index in [1.807, 2.05) is 85.8 Å². The number of rotatable bonds is 4. The van der Waals surface area contributed by atoms with Gasteiger partial charge in [0.1, 0.15) is 5.75 Å². The maximum atomic E-state index is 13.5. The van der Waals surface area contributed by atoms with E-state index in [9.17, 15) is 4.79 Å². The number of hydrogen-bond acceptors (Lipinski definition) is 4. The molecule has 1 aromatic heterocycles. The Labute approximate surface area is 180 Å². The molecule has 1 aliphatic heterocycles. The van der Waals surface area contributed by atoms with Crippen molar-refractivity contribution in [2.45, 2.75) is 13.0 Å². The van der Waals surface area contributed by atoms with Gasteiger partial charge in [0.05, 0.1) is 29.8 Å². The molecule has 0 aliphatic carbocycles. The number of methoxy groups -OCH3 is 1. The van der Waals surface area contributed by atoms with E-state index in [0.29, 0.717) is 11.5 Å². The summed E-state index contributed by atoms with van der Waals surface area (Å²) in [4.78, 5) is 18.3. The normalized spacial score (nSPS) is 15.4. The van der Waals surface area contributed by atoms with Gasteiger partial charge in [0.25, 0.3) is 5.91 Å². The van der Waals surface area contributed by atoms with Crippen LogP contribution in [-0.4, -0.2) is 22.6 Å². The summed E-state index contributed by atoms with van der Waals surface area (Å²) in [6.45, 7) is 1.91. The first-order valence-electron chi connectivity index (χ1n) is 10.1. The van der Waals surface area contributed by atoms with Crippen LogP contribution < -0.4 is 15.4 Å². The lowest BCUT2D eigenvalue weighted by Gasteiger charge is -2.31. The zero-order valence-corrected chi connectivity index (χ0v) is 17.3. The molecule has 0 fully saturated rings. The van der Waals surface area contributed by atoms with Crippen molar-refractivity contribution >= 4 is 28.6 Å². The van der Waals surface area contributed by atoms with E-state index in [2.05, 4.69) is 15.2 Å². The van der Waals surface area contributed by atoms with Crippen LogP contribution in [0.15, 0.2) is 90.1 Å². The van der Waals surface area contributed by atoms with Crippen molar-refractivity contribution in [3.8, 4) is 5.75 Å². The molecular formula is C25H22N4O2. The second kappa shape index (κ2) is 7.65. The number of para-hydroxylation sites is 3. The second-order valence-electron chi connectivity index (χ2n) is 7.46. The lowest BCUT2D eigenvalue weighted by molar-refractivity contribution is -0.113. The summed E-state index contributed by atoms with van der Waals surface area (Å²) in [6.07, 6.45) is 0. The molecule has 1 atom stereocenters. The van der Waals surface area contributed by atoms with Crippen molar-refractivity contribution in [1.82, 2.24) is 9.55 Å². The monoisotopic (exact) mass is 410 g/mol. The van der Waals surface area contributed by atoms with E-state index in [1.54, 1.807) is 7.11 Å². The maximum Gasteiger partial charge on any atom is 0.255 e. The van der Waals surface area contributed by atoms with Gasteiger partial charge in [-0.2, -0.15) is 0 Å². The van der Waals surface area contributed by atoms with Crippen LogP contribution in [0.3, 0.4) is 0 Å². The van der Waals surface area contributed by atoms with Gasteiger partial charge in [-0.05, 0) is 48.9 Å². The van der Waals surface area contributed by atoms with Gasteiger partial charge in [0.15, 0.2) is 0 Å². The molecule has 4 aromatic rings. The fourth-order valence-corrected chi connectivity index (χ4v) is 4.10. The lowest BCUT2D eigenvalue weighted by atomic mass is 9.94. The summed E-state index contributed by atoms with van der Waals surface area (Å²) < 4.78 is 7.54. The van der Waals surface area contributed by atoms with Gasteiger partial charge in [-0.15, -0.1) is 0 Å². The molecule has 31 heavy (non-hydrogen) atoms. The van der Waals surface area contributed by atoms with Crippen molar-refractivity contribution < 1.29 is 9.53 Å². The Morgan fingerprint density at radius 3 is 2.61 bits per heavy atom.